The molecule has 0 saturated carbocycles. The van der Waals surface area contributed by atoms with Crippen molar-refractivity contribution in [1.29, 1.82) is 0 Å². The molecule has 0 aliphatic carbocycles. The van der Waals surface area contributed by atoms with Crippen molar-refractivity contribution in [1.82, 2.24) is 10.6 Å². The maximum absolute atomic E-state index is 11.5. The zero-order valence-electron chi connectivity index (χ0n) is 12.3. The molecular formula is C16H24N2O3. The average Bonchev–Trinajstić information content (AvgIpc) is 2.48. The van der Waals surface area contributed by atoms with Crippen LogP contribution in [0.1, 0.15) is 37.7 Å². The summed E-state index contributed by atoms with van der Waals surface area (Å²) < 4.78 is 0. The first-order chi connectivity index (χ1) is 10.2. The van der Waals surface area contributed by atoms with Gasteiger partial charge in [0.2, 0.25) is 0 Å². The van der Waals surface area contributed by atoms with Crippen LogP contribution in [0.25, 0.3) is 0 Å². The van der Waals surface area contributed by atoms with E-state index in [9.17, 15) is 9.59 Å². The van der Waals surface area contributed by atoms with Gasteiger partial charge in [0, 0.05) is 19.5 Å². The van der Waals surface area contributed by atoms with Gasteiger partial charge in [0.15, 0.2) is 0 Å². The topological polar surface area (TPSA) is 78.4 Å². The molecule has 0 fully saturated rings. The summed E-state index contributed by atoms with van der Waals surface area (Å²) in [5.41, 5.74) is 1.28. The second kappa shape index (κ2) is 10.7. The number of carboxylic acid groups (broad SMARTS) is 1. The molecule has 5 heteroatoms. The van der Waals surface area contributed by atoms with Crippen molar-refractivity contribution in [3.8, 4) is 0 Å². The Morgan fingerprint density at radius 1 is 0.905 bits per heavy atom. The average molecular weight is 292 g/mol. The summed E-state index contributed by atoms with van der Waals surface area (Å²) in [5, 5.41) is 14.1. The number of carbonyl (C=O) groups is 2. The first-order valence-electron chi connectivity index (χ1n) is 7.46. The van der Waals surface area contributed by atoms with Crippen LogP contribution in [0.2, 0.25) is 0 Å². The van der Waals surface area contributed by atoms with E-state index in [1.807, 2.05) is 18.2 Å². The third kappa shape index (κ3) is 9.49. The zero-order chi connectivity index (χ0) is 15.3. The molecule has 0 radical (unpaired) electrons. The predicted octanol–water partition coefficient (Wildman–Crippen LogP) is 2.56. The van der Waals surface area contributed by atoms with Gasteiger partial charge in [-0.15, -0.1) is 0 Å². The molecule has 0 heterocycles. The fourth-order valence-electron chi connectivity index (χ4n) is 1.98. The highest BCUT2D eigenvalue weighted by molar-refractivity contribution is 5.73. The molecule has 1 aromatic carbocycles. The molecule has 5 nitrogen and oxygen atoms in total. The van der Waals surface area contributed by atoms with Crippen molar-refractivity contribution in [3.63, 3.8) is 0 Å². The SMILES string of the molecule is O=C(O)CCCCCNC(=O)NCCCc1ccccc1. The number of rotatable bonds is 10. The summed E-state index contributed by atoms with van der Waals surface area (Å²) in [6.45, 7) is 1.24. The number of hydrogen-bond acceptors (Lipinski definition) is 2. The third-order valence-electron chi connectivity index (χ3n) is 3.12. The Balaban J connectivity index is 1.93. The highest BCUT2D eigenvalue weighted by atomic mass is 16.4. The summed E-state index contributed by atoms with van der Waals surface area (Å²) in [4.78, 5) is 21.8. The smallest absolute Gasteiger partial charge is 0.314 e. The Labute approximate surface area is 125 Å². The number of hydrogen-bond donors (Lipinski definition) is 3. The number of carbonyl (C=O) groups excluding carboxylic acids is 1. The number of carboxylic acids is 1. The highest BCUT2D eigenvalue weighted by Crippen LogP contribution is 2.01. The fraction of sp³-hybridized carbons (Fsp3) is 0.500. The number of amides is 2. The summed E-state index contributed by atoms with van der Waals surface area (Å²) in [7, 11) is 0. The van der Waals surface area contributed by atoms with Crippen molar-refractivity contribution < 1.29 is 14.7 Å². The lowest BCUT2D eigenvalue weighted by molar-refractivity contribution is -0.137. The molecule has 1 rings (SSSR count). The van der Waals surface area contributed by atoms with Crippen LogP contribution < -0.4 is 10.6 Å². The molecule has 0 aliphatic heterocycles. The van der Waals surface area contributed by atoms with E-state index in [4.69, 9.17) is 5.11 Å². The number of aliphatic carboxylic acids is 1. The maximum atomic E-state index is 11.5. The Morgan fingerprint density at radius 2 is 1.57 bits per heavy atom. The third-order valence-corrected chi connectivity index (χ3v) is 3.12. The molecule has 21 heavy (non-hydrogen) atoms. The van der Waals surface area contributed by atoms with E-state index in [1.54, 1.807) is 0 Å². The van der Waals surface area contributed by atoms with Gasteiger partial charge in [-0.2, -0.15) is 0 Å². The van der Waals surface area contributed by atoms with Crippen molar-refractivity contribution in [2.24, 2.45) is 0 Å². The molecule has 2 amide bonds. The summed E-state index contributed by atoms with van der Waals surface area (Å²) >= 11 is 0. The van der Waals surface area contributed by atoms with Crippen molar-refractivity contribution in [2.75, 3.05) is 13.1 Å². The van der Waals surface area contributed by atoms with Gasteiger partial charge < -0.3 is 15.7 Å². The van der Waals surface area contributed by atoms with Crippen LogP contribution in [0.5, 0.6) is 0 Å². The summed E-state index contributed by atoms with van der Waals surface area (Å²) in [6, 6.07) is 10.0. The zero-order valence-corrected chi connectivity index (χ0v) is 12.3. The Morgan fingerprint density at radius 3 is 2.24 bits per heavy atom. The predicted molar refractivity (Wildman–Crippen MR) is 82.3 cm³/mol. The first-order valence-corrected chi connectivity index (χ1v) is 7.46. The quantitative estimate of drug-likeness (QED) is 0.580. The molecule has 116 valence electrons. The molecule has 0 unspecified atom stereocenters. The molecule has 0 atom stereocenters. The van der Waals surface area contributed by atoms with Gasteiger partial charge in [-0.25, -0.2) is 4.79 Å². The van der Waals surface area contributed by atoms with E-state index in [0.717, 1.165) is 25.7 Å². The summed E-state index contributed by atoms with van der Waals surface area (Å²) in [5.74, 6) is -0.765. The van der Waals surface area contributed by atoms with Crippen molar-refractivity contribution >= 4 is 12.0 Å². The second-order valence-electron chi connectivity index (χ2n) is 4.98. The van der Waals surface area contributed by atoms with Gasteiger partial charge in [0.1, 0.15) is 0 Å². The normalized spacial score (nSPS) is 10.1. The van der Waals surface area contributed by atoms with E-state index in [-0.39, 0.29) is 12.5 Å². The highest BCUT2D eigenvalue weighted by Gasteiger charge is 2.00. The minimum atomic E-state index is -0.765. The lowest BCUT2D eigenvalue weighted by Crippen LogP contribution is -2.36. The fourth-order valence-corrected chi connectivity index (χ4v) is 1.98. The molecule has 0 spiro atoms. The lowest BCUT2D eigenvalue weighted by atomic mass is 10.1. The molecular weight excluding hydrogens is 268 g/mol. The Bertz CT molecular complexity index is 421. The van der Waals surface area contributed by atoms with E-state index in [0.29, 0.717) is 19.5 Å². The van der Waals surface area contributed by atoms with Crippen LogP contribution in [0.15, 0.2) is 30.3 Å². The summed E-state index contributed by atoms with van der Waals surface area (Å²) in [6.07, 6.45) is 4.36. The largest absolute Gasteiger partial charge is 0.481 e. The first kappa shape index (κ1) is 17.0. The Hall–Kier alpha value is -2.04. The van der Waals surface area contributed by atoms with E-state index < -0.39 is 5.97 Å². The van der Waals surface area contributed by atoms with Gasteiger partial charge in [-0.3, -0.25) is 4.79 Å². The number of urea groups is 1. The number of unbranched alkanes of at least 4 members (excludes halogenated alkanes) is 2. The van der Waals surface area contributed by atoms with Gasteiger partial charge >= 0.3 is 12.0 Å². The standard InChI is InChI=1S/C16H24N2O3/c19-15(20)11-5-2-6-12-17-16(21)18-13-7-10-14-8-3-1-4-9-14/h1,3-4,8-9H,2,5-7,10-13H2,(H,19,20)(H2,17,18,21). The van der Waals surface area contributed by atoms with E-state index in [1.165, 1.54) is 5.56 Å². The molecule has 0 aliphatic rings. The molecule has 0 bridgehead atoms. The molecule has 3 N–H and O–H groups in total. The van der Waals surface area contributed by atoms with Crippen LogP contribution in [-0.4, -0.2) is 30.2 Å². The maximum Gasteiger partial charge on any atom is 0.314 e. The van der Waals surface area contributed by atoms with Gasteiger partial charge in [-0.05, 0) is 31.2 Å². The van der Waals surface area contributed by atoms with Crippen LogP contribution in [-0.2, 0) is 11.2 Å². The number of nitrogens with one attached hydrogen (secondary N) is 2. The lowest BCUT2D eigenvalue weighted by Gasteiger charge is -2.07. The van der Waals surface area contributed by atoms with Gasteiger partial charge in [0.05, 0.1) is 0 Å². The minimum absolute atomic E-state index is 0.152. The van der Waals surface area contributed by atoms with Crippen LogP contribution in [0.4, 0.5) is 4.79 Å². The monoisotopic (exact) mass is 292 g/mol. The van der Waals surface area contributed by atoms with E-state index >= 15 is 0 Å². The molecule has 0 aromatic heterocycles. The number of aryl methyl sites for hydroxylation is 1. The van der Waals surface area contributed by atoms with Crippen LogP contribution >= 0.6 is 0 Å². The van der Waals surface area contributed by atoms with Crippen LogP contribution in [0, 0.1) is 0 Å². The van der Waals surface area contributed by atoms with Crippen LogP contribution in [0.3, 0.4) is 0 Å². The van der Waals surface area contributed by atoms with Crippen molar-refractivity contribution in [2.45, 2.75) is 38.5 Å². The van der Waals surface area contributed by atoms with E-state index in [2.05, 4.69) is 22.8 Å². The van der Waals surface area contributed by atoms with Gasteiger partial charge in [0.25, 0.3) is 0 Å². The van der Waals surface area contributed by atoms with Gasteiger partial charge in [-0.1, -0.05) is 36.8 Å². The second-order valence-corrected chi connectivity index (χ2v) is 4.98. The number of benzene rings is 1. The molecule has 0 saturated heterocycles. The Kier molecular flexibility index (Phi) is 8.68. The minimum Gasteiger partial charge on any atom is -0.481 e. The van der Waals surface area contributed by atoms with Crippen molar-refractivity contribution in [3.05, 3.63) is 35.9 Å². The molecule has 1 aromatic rings.